The van der Waals surface area contributed by atoms with Crippen molar-refractivity contribution in [1.82, 2.24) is 14.6 Å². The Kier molecular flexibility index (Phi) is 8.02. The Bertz CT molecular complexity index is 1270. The first kappa shape index (κ1) is 26.1. The minimum Gasteiger partial charge on any atom is -0.497 e. The zero-order chi connectivity index (χ0) is 26.5. The van der Waals surface area contributed by atoms with Crippen LogP contribution >= 0.6 is 11.5 Å². The van der Waals surface area contributed by atoms with Crippen molar-refractivity contribution in [2.75, 3.05) is 12.8 Å². The fourth-order valence-electron chi connectivity index (χ4n) is 4.44. The first-order valence-corrected chi connectivity index (χ1v) is 12.6. The molecule has 1 atom stereocenters. The average molecular weight is 526 g/mol. The summed E-state index contributed by atoms with van der Waals surface area (Å²) in [5.74, 6) is -1.65. The Balaban J connectivity index is 1.79. The van der Waals surface area contributed by atoms with E-state index in [1.165, 1.54) is 24.1 Å². The molecular weight excluding hydrogens is 497 g/mol. The van der Waals surface area contributed by atoms with Gasteiger partial charge in [0.25, 0.3) is 11.8 Å². The van der Waals surface area contributed by atoms with Crippen molar-refractivity contribution < 1.29 is 23.5 Å². The van der Waals surface area contributed by atoms with Gasteiger partial charge in [-0.05, 0) is 59.8 Å². The first-order valence-electron chi connectivity index (χ1n) is 11.8. The van der Waals surface area contributed by atoms with Gasteiger partial charge in [-0.3, -0.25) is 14.4 Å². The molecular formula is C26H28FN5O4S. The van der Waals surface area contributed by atoms with E-state index in [1.54, 1.807) is 36.4 Å². The summed E-state index contributed by atoms with van der Waals surface area (Å²) in [7, 11) is 1.53. The lowest BCUT2D eigenvalue weighted by Crippen LogP contribution is -2.45. The normalized spacial score (nSPS) is 14.2. The molecule has 5 N–H and O–H groups in total. The topological polar surface area (TPSA) is 141 Å². The number of primary amides is 1. The molecule has 1 aliphatic rings. The maximum Gasteiger partial charge on any atom is 0.270 e. The monoisotopic (exact) mass is 525 g/mol. The summed E-state index contributed by atoms with van der Waals surface area (Å²) in [6.07, 6.45) is 3.75. The number of rotatable bonds is 9. The molecule has 1 aliphatic carbocycles. The summed E-state index contributed by atoms with van der Waals surface area (Å²) < 4.78 is 22.8. The molecule has 3 amide bonds. The minimum atomic E-state index is -1.05. The highest BCUT2D eigenvalue weighted by Gasteiger charge is 2.36. The Morgan fingerprint density at radius 2 is 1.78 bits per heavy atom. The van der Waals surface area contributed by atoms with Gasteiger partial charge in [-0.25, -0.2) is 4.39 Å². The number of methoxy groups -OCH3 is 1. The van der Waals surface area contributed by atoms with Crippen LogP contribution < -0.4 is 21.5 Å². The summed E-state index contributed by atoms with van der Waals surface area (Å²) in [5, 5.41) is 3.08. The predicted octanol–water partition coefficient (Wildman–Crippen LogP) is 3.41. The van der Waals surface area contributed by atoms with Gasteiger partial charge in [-0.15, -0.1) is 0 Å². The molecule has 0 unspecified atom stereocenters. The fourth-order valence-corrected chi connectivity index (χ4v) is 5.20. The van der Waals surface area contributed by atoms with Crippen LogP contribution in [-0.2, 0) is 11.3 Å². The summed E-state index contributed by atoms with van der Waals surface area (Å²) in [4.78, 5) is 40.8. The zero-order valence-corrected chi connectivity index (χ0v) is 21.1. The second kappa shape index (κ2) is 11.4. The van der Waals surface area contributed by atoms with E-state index in [1.807, 2.05) is 0 Å². The van der Waals surface area contributed by atoms with Crippen molar-refractivity contribution in [2.45, 2.75) is 44.3 Å². The van der Waals surface area contributed by atoms with E-state index in [-0.39, 0.29) is 34.8 Å². The molecule has 2 aromatic carbocycles. The molecule has 0 bridgehead atoms. The number of nitrogens with two attached hydrogens (primary N) is 2. The molecule has 1 saturated carbocycles. The first-order chi connectivity index (χ1) is 17.8. The molecule has 9 nitrogen and oxygen atoms in total. The fraction of sp³-hybridized carbons (Fsp3) is 0.308. The van der Waals surface area contributed by atoms with Crippen molar-refractivity contribution in [2.24, 2.45) is 5.73 Å². The Labute approximate surface area is 217 Å². The second-order valence-electron chi connectivity index (χ2n) is 8.86. The van der Waals surface area contributed by atoms with Gasteiger partial charge in [-0.1, -0.05) is 37.1 Å². The van der Waals surface area contributed by atoms with Crippen LogP contribution in [0.25, 0.3) is 0 Å². The van der Waals surface area contributed by atoms with Gasteiger partial charge >= 0.3 is 0 Å². The zero-order valence-electron chi connectivity index (χ0n) is 20.3. The van der Waals surface area contributed by atoms with Crippen molar-refractivity contribution in [3.05, 3.63) is 76.0 Å². The van der Waals surface area contributed by atoms with Gasteiger partial charge < -0.3 is 26.4 Å². The number of hydrogen-bond donors (Lipinski definition) is 3. The second-order valence-corrected chi connectivity index (χ2v) is 9.64. The number of hydrogen-bond acceptors (Lipinski definition) is 7. The number of anilines is 1. The van der Waals surface area contributed by atoms with Crippen LogP contribution in [0.2, 0.25) is 0 Å². The molecule has 37 heavy (non-hydrogen) atoms. The van der Waals surface area contributed by atoms with E-state index in [2.05, 4.69) is 9.69 Å². The molecule has 0 aliphatic heterocycles. The summed E-state index contributed by atoms with van der Waals surface area (Å²) in [5.41, 5.74) is 12.2. The lowest BCUT2D eigenvalue weighted by molar-refractivity contribution is -0.126. The van der Waals surface area contributed by atoms with Gasteiger partial charge in [0.2, 0.25) is 5.91 Å². The Morgan fingerprint density at radius 1 is 1.14 bits per heavy atom. The highest BCUT2D eigenvalue weighted by atomic mass is 32.1. The number of nitrogens with one attached hydrogen (secondary N) is 1. The van der Waals surface area contributed by atoms with E-state index in [4.69, 9.17) is 16.2 Å². The third-order valence-electron chi connectivity index (χ3n) is 6.38. The van der Waals surface area contributed by atoms with Crippen LogP contribution in [0.5, 0.6) is 5.75 Å². The van der Waals surface area contributed by atoms with Crippen LogP contribution in [0, 0.1) is 5.82 Å². The quantitative estimate of drug-likeness (QED) is 0.391. The predicted molar refractivity (Wildman–Crippen MR) is 137 cm³/mol. The maximum atomic E-state index is 13.9. The van der Waals surface area contributed by atoms with Crippen LogP contribution in [0.1, 0.15) is 63.0 Å². The number of ether oxygens (including phenoxy) is 1. The number of carbonyl (C=O) groups is 3. The van der Waals surface area contributed by atoms with Crippen LogP contribution in [0.15, 0.2) is 48.5 Å². The van der Waals surface area contributed by atoms with E-state index in [9.17, 15) is 18.8 Å². The molecule has 1 aromatic heterocycles. The van der Waals surface area contributed by atoms with Gasteiger partial charge in [-0.2, -0.15) is 4.37 Å². The lowest BCUT2D eigenvalue weighted by Gasteiger charge is -2.32. The number of amides is 3. The third-order valence-corrected chi connectivity index (χ3v) is 7.23. The average Bonchev–Trinajstić information content (AvgIpc) is 3.54. The Hall–Kier alpha value is -3.99. The number of aromatic nitrogens is 1. The van der Waals surface area contributed by atoms with Crippen molar-refractivity contribution in [1.29, 1.82) is 0 Å². The molecule has 1 fully saturated rings. The highest BCUT2D eigenvalue weighted by Crippen LogP contribution is 2.32. The number of nitrogen functional groups attached to an aromatic ring is 1. The van der Waals surface area contributed by atoms with E-state index in [0.717, 1.165) is 37.2 Å². The van der Waals surface area contributed by atoms with Gasteiger partial charge in [0.1, 0.15) is 22.5 Å². The van der Waals surface area contributed by atoms with Crippen LogP contribution in [0.4, 0.5) is 10.1 Å². The molecule has 0 radical (unpaired) electrons. The minimum absolute atomic E-state index is 0.00552. The number of carbonyl (C=O) groups excluding carboxylic acids is 3. The largest absolute Gasteiger partial charge is 0.497 e. The molecule has 0 spiro atoms. The highest BCUT2D eigenvalue weighted by molar-refractivity contribution is 7.09. The standard InChI is InChI=1S/C26H28FN5O4S/c1-36-19-12-8-16(9-13-19)22(25(34)30-18-4-2-3-5-18)32(14-15-6-10-17(27)11-7-15)26(35)23-20(28)21(24(29)33)31-37-23/h6-13,18,22H,2-5,14,28H2,1H3,(H2,29,33)(H,30,34)/t22-/m1/s1. The van der Waals surface area contributed by atoms with E-state index in [0.29, 0.717) is 16.9 Å². The van der Waals surface area contributed by atoms with Crippen LogP contribution in [0.3, 0.4) is 0 Å². The van der Waals surface area contributed by atoms with E-state index >= 15 is 0 Å². The lowest BCUT2D eigenvalue weighted by atomic mass is 10.0. The molecule has 3 aromatic rings. The molecule has 1 heterocycles. The number of nitrogens with zero attached hydrogens (tertiary/aromatic N) is 2. The van der Waals surface area contributed by atoms with Crippen molar-refractivity contribution >= 4 is 34.9 Å². The molecule has 194 valence electrons. The summed E-state index contributed by atoms with van der Waals surface area (Å²) in [6.45, 7) is -0.0306. The summed E-state index contributed by atoms with van der Waals surface area (Å²) >= 11 is 0.738. The van der Waals surface area contributed by atoms with Gasteiger partial charge in [0.15, 0.2) is 5.69 Å². The van der Waals surface area contributed by atoms with Gasteiger partial charge in [0.05, 0.1) is 12.8 Å². The van der Waals surface area contributed by atoms with Crippen molar-refractivity contribution in [3.8, 4) is 5.75 Å². The summed E-state index contributed by atoms with van der Waals surface area (Å²) in [6, 6.07) is 11.4. The molecule has 0 saturated heterocycles. The Morgan fingerprint density at radius 3 is 2.35 bits per heavy atom. The third kappa shape index (κ3) is 5.88. The van der Waals surface area contributed by atoms with Crippen molar-refractivity contribution in [3.63, 3.8) is 0 Å². The maximum absolute atomic E-state index is 13.9. The van der Waals surface area contributed by atoms with Gasteiger partial charge in [0, 0.05) is 12.6 Å². The van der Waals surface area contributed by atoms with E-state index < -0.39 is 23.7 Å². The molecule has 4 rings (SSSR count). The van der Waals surface area contributed by atoms with Crippen LogP contribution in [-0.4, -0.2) is 40.1 Å². The number of benzene rings is 2. The SMILES string of the molecule is COc1ccc([C@H](C(=O)NC2CCCC2)N(Cc2ccc(F)cc2)C(=O)c2snc(C(N)=O)c2N)cc1. The smallest absolute Gasteiger partial charge is 0.270 e. The number of halogens is 1. The molecule has 11 heteroatoms.